The number of alkyl halides is 1. The van der Waals surface area contributed by atoms with E-state index in [1.54, 1.807) is 6.92 Å². The first-order valence-corrected chi connectivity index (χ1v) is 5.19. The van der Waals surface area contributed by atoms with Gasteiger partial charge in [0.25, 0.3) is 0 Å². The lowest BCUT2D eigenvalue weighted by Crippen LogP contribution is -2.35. The minimum Gasteiger partial charge on any atom is -0.394 e. The van der Waals surface area contributed by atoms with Gasteiger partial charge in [-0.3, -0.25) is 4.79 Å². The van der Waals surface area contributed by atoms with Gasteiger partial charge in [0.2, 0.25) is 5.91 Å². The molecule has 0 heterocycles. The molecular formula is C11H14ClNO2. The van der Waals surface area contributed by atoms with Crippen molar-refractivity contribution in [1.82, 2.24) is 5.32 Å². The standard InChI is InChI=1S/C11H14ClNO2/c1-8(12)11(15)13-10(7-14)9-5-3-2-4-6-9/h2-6,8,10,14H,7H2,1H3,(H,13,15)/t8?,10-/m1/s1. The summed E-state index contributed by atoms with van der Waals surface area (Å²) < 4.78 is 0. The number of aliphatic hydroxyl groups excluding tert-OH is 1. The number of halogens is 1. The first-order chi connectivity index (χ1) is 7.15. The maximum absolute atomic E-state index is 11.3. The van der Waals surface area contributed by atoms with E-state index in [1.165, 1.54) is 0 Å². The SMILES string of the molecule is CC(Cl)C(=O)N[C@H](CO)c1ccccc1. The van der Waals surface area contributed by atoms with Crippen molar-refractivity contribution in [2.24, 2.45) is 0 Å². The van der Waals surface area contributed by atoms with Crippen molar-refractivity contribution < 1.29 is 9.90 Å². The van der Waals surface area contributed by atoms with Crippen molar-refractivity contribution in [2.75, 3.05) is 6.61 Å². The van der Waals surface area contributed by atoms with Gasteiger partial charge in [0.05, 0.1) is 12.6 Å². The molecule has 1 rings (SSSR count). The predicted molar refractivity (Wildman–Crippen MR) is 59.7 cm³/mol. The molecule has 0 saturated carbocycles. The second-order valence-corrected chi connectivity index (χ2v) is 3.93. The number of rotatable bonds is 4. The van der Waals surface area contributed by atoms with Crippen LogP contribution in [0.2, 0.25) is 0 Å². The molecular weight excluding hydrogens is 214 g/mol. The molecule has 2 atom stereocenters. The van der Waals surface area contributed by atoms with E-state index in [-0.39, 0.29) is 18.6 Å². The molecule has 1 unspecified atom stereocenters. The monoisotopic (exact) mass is 227 g/mol. The van der Waals surface area contributed by atoms with Gasteiger partial charge in [0.15, 0.2) is 0 Å². The van der Waals surface area contributed by atoms with E-state index in [1.807, 2.05) is 30.3 Å². The van der Waals surface area contributed by atoms with Crippen molar-refractivity contribution >= 4 is 17.5 Å². The van der Waals surface area contributed by atoms with E-state index in [0.717, 1.165) is 5.56 Å². The zero-order valence-corrected chi connectivity index (χ0v) is 9.24. The Hall–Kier alpha value is -1.06. The zero-order valence-electron chi connectivity index (χ0n) is 8.48. The Labute approximate surface area is 94.1 Å². The van der Waals surface area contributed by atoms with Gasteiger partial charge in [0, 0.05) is 0 Å². The highest BCUT2D eigenvalue weighted by atomic mass is 35.5. The van der Waals surface area contributed by atoms with Crippen LogP contribution in [0.15, 0.2) is 30.3 Å². The van der Waals surface area contributed by atoms with Crippen LogP contribution in [-0.2, 0) is 4.79 Å². The van der Waals surface area contributed by atoms with Crippen LogP contribution in [0.25, 0.3) is 0 Å². The Bertz CT molecular complexity index is 314. The van der Waals surface area contributed by atoms with Crippen LogP contribution in [0.1, 0.15) is 18.5 Å². The molecule has 0 aliphatic heterocycles. The third-order valence-corrected chi connectivity index (χ3v) is 2.26. The van der Waals surface area contributed by atoms with Crippen LogP contribution in [0.3, 0.4) is 0 Å². The molecule has 0 bridgehead atoms. The lowest BCUT2D eigenvalue weighted by Gasteiger charge is -2.17. The smallest absolute Gasteiger partial charge is 0.238 e. The maximum Gasteiger partial charge on any atom is 0.238 e. The minimum absolute atomic E-state index is 0.140. The van der Waals surface area contributed by atoms with Crippen molar-refractivity contribution in [3.63, 3.8) is 0 Å². The molecule has 4 heteroatoms. The average molecular weight is 228 g/mol. The van der Waals surface area contributed by atoms with E-state index in [9.17, 15) is 4.79 Å². The number of nitrogens with one attached hydrogen (secondary N) is 1. The van der Waals surface area contributed by atoms with Gasteiger partial charge in [-0.15, -0.1) is 11.6 Å². The number of aliphatic hydroxyl groups is 1. The van der Waals surface area contributed by atoms with Crippen LogP contribution in [0, 0.1) is 0 Å². The molecule has 1 amide bonds. The Morgan fingerprint density at radius 1 is 1.47 bits per heavy atom. The third kappa shape index (κ3) is 3.53. The summed E-state index contributed by atoms with van der Waals surface area (Å²) in [4.78, 5) is 11.3. The summed E-state index contributed by atoms with van der Waals surface area (Å²) in [6.07, 6.45) is 0. The average Bonchev–Trinajstić information content (AvgIpc) is 2.26. The summed E-state index contributed by atoms with van der Waals surface area (Å²) in [5.74, 6) is -0.278. The van der Waals surface area contributed by atoms with Crippen molar-refractivity contribution in [2.45, 2.75) is 18.3 Å². The van der Waals surface area contributed by atoms with Gasteiger partial charge in [-0.1, -0.05) is 30.3 Å². The number of amides is 1. The van der Waals surface area contributed by atoms with Gasteiger partial charge < -0.3 is 10.4 Å². The highest BCUT2D eigenvalue weighted by Gasteiger charge is 2.16. The van der Waals surface area contributed by atoms with Crippen LogP contribution < -0.4 is 5.32 Å². The molecule has 0 fully saturated rings. The maximum atomic E-state index is 11.3. The van der Waals surface area contributed by atoms with E-state index in [0.29, 0.717) is 0 Å². The Balaban J connectivity index is 2.69. The molecule has 1 aromatic rings. The Morgan fingerprint density at radius 3 is 2.53 bits per heavy atom. The van der Waals surface area contributed by atoms with Gasteiger partial charge in [-0.25, -0.2) is 0 Å². The van der Waals surface area contributed by atoms with Crippen LogP contribution in [0.5, 0.6) is 0 Å². The fourth-order valence-electron chi connectivity index (χ4n) is 1.21. The molecule has 0 spiro atoms. The largest absolute Gasteiger partial charge is 0.394 e. The fraction of sp³-hybridized carbons (Fsp3) is 0.364. The zero-order chi connectivity index (χ0) is 11.3. The third-order valence-electron chi connectivity index (χ3n) is 2.06. The van der Waals surface area contributed by atoms with E-state index in [4.69, 9.17) is 16.7 Å². The van der Waals surface area contributed by atoms with Gasteiger partial charge in [-0.05, 0) is 12.5 Å². The summed E-state index contributed by atoms with van der Waals surface area (Å²) in [6.45, 7) is 1.45. The second kappa shape index (κ2) is 5.73. The lowest BCUT2D eigenvalue weighted by molar-refractivity contribution is -0.121. The Morgan fingerprint density at radius 2 is 2.07 bits per heavy atom. The molecule has 0 aliphatic rings. The summed E-state index contributed by atoms with van der Waals surface area (Å²) in [6, 6.07) is 8.90. The topological polar surface area (TPSA) is 49.3 Å². The van der Waals surface area contributed by atoms with Crippen LogP contribution in [0.4, 0.5) is 0 Å². The fourth-order valence-corrected chi connectivity index (χ4v) is 1.27. The molecule has 0 aromatic heterocycles. The van der Waals surface area contributed by atoms with E-state index in [2.05, 4.69) is 5.32 Å². The van der Waals surface area contributed by atoms with Crippen molar-refractivity contribution in [3.05, 3.63) is 35.9 Å². The molecule has 0 aliphatic carbocycles. The normalized spacial score (nSPS) is 14.3. The molecule has 2 N–H and O–H groups in total. The molecule has 0 saturated heterocycles. The second-order valence-electron chi connectivity index (χ2n) is 3.27. The predicted octanol–water partition coefficient (Wildman–Crippen LogP) is 1.46. The number of hydrogen-bond acceptors (Lipinski definition) is 2. The summed E-state index contributed by atoms with van der Waals surface area (Å²) in [5.41, 5.74) is 0.866. The number of carbonyl (C=O) groups is 1. The van der Waals surface area contributed by atoms with Gasteiger partial charge in [-0.2, -0.15) is 0 Å². The number of benzene rings is 1. The van der Waals surface area contributed by atoms with Crippen LogP contribution in [-0.4, -0.2) is 23.0 Å². The molecule has 82 valence electrons. The first-order valence-electron chi connectivity index (χ1n) is 4.75. The molecule has 15 heavy (non-hydrogen) atoms. The highest BCUT2D eigenvalue weighted by molar-refractivity contribution is 6.30. The quantitative estimate of drug-likeness (QED) is 0.766. The van der Waals surface area contributed by atoms with Gasteiger partial charge >= 0.3 is 0 Å². The summed E-state index contributed by atoms with van der Waals surface area (Å²) in [5, 5.41) is 11.2. The first kappa shape index (κ1) is 12.0. The number of carbonyl (C=O) groups excluding carboxylic acids is 1. The van der Waals surface area contributed by atoms with Crippen molar-refractivity contribution in [3.8, 4) is 0 Å². The summed E-state index contributed by atoms with van der Waals surface area (Å²) >= 11 is 5.62. The van der Waals surface area contributed by atoms with Gasteiger partial charge in [0.1, 0.15) is 5.38 Å². The molecule has 0 radical (unpaired) electrons. The lowest BCUT2D eigenvalue weighted by atomic mass is 10.1. The van der Waals surface area contributed by atoms with Crippen molar-refractivity contribution in [1.29, 1.82) is 0 Å². The van der Waals surface area contributed by atoms with E-state index >= 15 is 0 Å². The number of hydrogen-bond donors (Lipinski definition) is 2. The summed E-state index contributed by atoms with van der Waals surface area (Å²) in [7, 11) is 0. The molecule has 3 nitrogen and oxygen atoms in total. The van der Waals surface area contributed by atoms with E-state index < -0.39 is 5.38 Å². The minimum atomic E-state index is -0.595. The Kier molecular flexibility index (Phi) is 4.59. The molecule has 1 aromatic carbocycles. The highest BCUT2D eigenvalue weighted by Crippen LogP contribution is 2.12. The van der Waals surface area contributed by atoms with Crippen LogP contribution >= 0.6 is 11.6 Å².